The van der Waals surface area contributed by atoms with E-state index in [0.29, 0.717) is 28.5 Å². The van der Waals surface area contributed by atoms with E-state index in [0.717, 1.165) is 5.56 Å². The summed E-state index contributed by atoms with van der Waals surface area (Å²) in [5.41, 5.74) is 1.43. The highest BCUT2D eigenvalue weighted by Crippen LogP contribution is 2.26. The van der Waals surface area contributed by atoms with Gasteiger partial charge in [-0.05, 0) is 48.4 Å². The van der Waals surface area contributed by atoms with Crippen molar-refractivity contribution in [2.75, 3.05) is 0 Å². The van der Waals surface area contributed by atoms with Crippen molar-refractivity contribution in [1.82, 2.24) is 19.7 Å². The highest BCUT2D eigenvalue weighted by molar-refractivity contribution is 6.30. The van der Waals surface area contributed by atoms with E-state index in [1.807, 2.05) is 30.3 Å². The maximum absolute atomic E-state index is 13.7. The van der Waals surface area contributed by atoms with E-state index >= 15 is 0 Å². The molecule has 0 radical (unpaired) electrons. The van der Waals surface area contributed by atoms with E-state index < -0.39 is 11.5 Å². The topological polar surface area (TPSA) is 93.8 Å². The first-order chi connectivity index (χ1) is 16.0. The predicted octanol–water partition coefficient (Wildman–Crippen LogP) is 4.44. The molecule has 0 saturated carbocycles. The van der Waals surface area contributed by atoms with E-state index in [-0.39, 0.29) is 28.8 Å². The molecule has 0 aliphatic heterocycles. The molecule has 0 saturated heterocycles. The zero-order chi connectivity index (χ0) is 22.9. The molecule has 0 unspecified atom stereocenters. The van der Waals surface area contributed by atoms with Crippen LogP contribution in [0.3, 0.4) is 0 Å². The normalized spacial score (nSPS) is 11.2. The summed E-state index contributed by atoms with van der Waals surface area (Å²) >= 11 is 5.72. The van der Waals surface area contributed by atoms with E-state index in [9.17, 15) is 14.0 Å². The number of benzene rings is 3. The van der Waals surface area contributed by atoms with Crippen LogP contribution in [0.4, 0.5) is 4.39 Å². The zero-order valence-electron chi connectivity index (χ0n) is 17.1. The zero-order valence-corrected chi connectivity index (χ0v) is 17.8. The first kappa shape index (κ1) is 20.8. The molecule has 2 heterocycles. The van der Waals surface area contributed by atoms with Crippen LogP contribution in [0.15, 0.2) is 80.8 Å². The third-order valence-electron chi connectivity index (χ3n) is 5.30. The van der Waals surface area contributed by atoms with Crippen LogP contribution in [0.25, 0.3) is 33.7 Å². The van der Waals surface area contributed by atoms with Gasteiger partial charge in [-0.15, -0.1) is 0 Å². The Morgan fingerprint density at radius 3 is 2.58 bits per heavy atom. The van der Waals surface area contributed by atoms with Crippen LogP contribution in [0, 0.1) is 5.82 Å². The quantitative estimate of drug-likeness (QED) is 0.416. The summed E-state index contributed by atoms with van der Waals surface area (Å²) in [6.07, 6.45) is 0.559. The van der Waals surface area contributed by atoms with Gasteiger partial charge in [-0.1, -0.05) is 47.1 Å². The second kappa shape index (κ2) is 8.48. The SMILES string of the molecule is O=c1[nH]c2cc(-c3nc(-c4ccc(Cl)c(F)c4)no3)ccc2c(=O)n1CCc1ccccc1. The number of aromatic nitrogens is 4. The predicted molar refractivity (Wildman–Crippen MR) is 123 cm³/mol. The largest absolute Gasteiger partial charge is 0.334 e. The molecule has 0 bridgehead atoms. The van der Waals surface area contributed by atoms with E-state index in [2.05, 4.69) is 15.1 Å². The summed E-state index contributed by atoms with van der Waals surface area (Å²) in [6.45, 7) is 0.264. The van der Waals surface area contributed by atoms with Crippen molar-refractivity contribution in [3.8, 4) is 22.8 Å². The molecule has 0 spiro atoms. The number of hydrogen-bond acceptors (Lipinski definition) is 5. The summed E-state index contributed by atoms with van der Waals surface area (Å²) in [7, 11) is 0. The van der Waals surface area contributed by atoms with Crippen LogP contribution < -0.4 is 11.2 Å². The minimum absolute atomic E-state index is 0.00428. The molecule has 0 aliphatic rings. The van der Waals surface area contributed by atoms with Crippen molar-refractivity contribution in [1.29, 1.82) is 0 Å². The molecular weight excluding hydrogens is 447 g/mol. The molecule has 0 amide bonds. The summed E-state index contributed by atoms with van der Waals surface area (Å²) in [5.74, 6) is -0.241. The lowest BCUT2D eigenvalue weighted by Crippen LogP contribution is -2.35. The van der Waals surface area contributed by atoms with Crippen LogP contribution in [-0.2, 0) is 13.0 Å². The van der Waals surface area contributed by atoms with Gasteiger partial charge in [0.25, 0.3) is 11.4 Å². The summed E-state index contributed by atoms with van der Waals surface area (Å²) in [6, 6.07) is 18.7. The van der Waals surface area contributed by atoms with Gasteiger partial charge >= 0.3 is 5.69 Å². The number of nitrogens with one attached hydrogen (secondary N) is 1. The Hall–Kier alpha value is -4.04. The molecule has 3 aromatic carbocycles. The number of fused-ring (bicyclic) bond motifs is 1. The van der Waals surface area contributed by atoms with E-state index in [1.165, 1.54) is 16.7 Å². The molecule has 5 aromatic rings. The number of nitrogens with zero attached hydrogens (tertiary/aromatic N) is 3. The Morgan fingerprint density at radius 2 is 1.79 bits per heavy atom. The van der Waals surface area contributed by atoms with Crippen molar-refractivity contribution in [3.63, 3.8) is 0 Å². The van der Waals surface area contributed by atoms with Gasteiger partial charge in [0.1, 0.15) is 5.82 Å². The van der Waals surface area contributed by atoms with Crippen LogP contribution in [0.1, 0.15) is 5.56 Å². The number of hydrogen-bond donors (Lipinski definition) is 1. The molecule has 2 aromatic heterocycles. The lowest BCUT2D eigenvalue weighted by molar-refractivity contribution is 0.432. The van der Waals surface area contributed by atoms with E-state index in [1.54, 1.807) is 24.3 Å². The van der Waals surface area contributed by atoms with Crippen LogP contribution in [0.2, 0.25) is 5.02 Å². The van der Waals surface area contributed by atoms with Gasteiger partial charge in [-0.3, -0.25) is 9.36 Å². The summed E-state index contributed by atoms with van der Waals surface area (Å²) < 4.78 is 20.2. The van der Waals surface area contributed by atoms with Gasteiger partial charge in [0.15, 0.2) is 0 Å². The van der Waals surface area contributed by atoms with Crippen LogP contribution in [-0.4, -0.2) is 19.7 Å². The Bertz CT molecular complexity index is 1590. The Morgan fingerprint density at radius 1 is 1.00 bits per heavy atom. The Balaban J connectivity index is 1.47. The average Bonchev–Trinajstić information content (AvgIpc) is 3.31. The summed E-state index contributed by atoms with van der Waals surface area (Å²) in [5, 5.41) is 4.24. The van der Waals surface area contributed by atoms with Crippen molar-refractivity contribution in [3.05, 3.63) is 104 Å². The first-order valence-electron chi connectivity index (χ1n) is 10.1. The molecule has 7 nitrogen and oxygen atoms in total. The number of halogens is 2. The fourth-order valence-corrected chi connectivity index (χ4v) is 3.69. The maximum Gasteiger partial charge on any atom is 0.328 e. The highest BCUT2D eigenvalue weighted by Gasteiger charge is 2.15. The van der Waals surface area contributed by atoms with Crippen molar-refractivity contribution in [2.24, 2.45) is 0 Å². The minimum Gasteiger partial charge on any atom is -0.334 e. The fraction of sp³-hybridized carbons (Fsp3) is 0.0833. The van der Waals surface area contributed by atoms with Crippen LogP contribution in [0.5, 0.6) is 0 Å². The highest BCUT2D eigenvalue weighted by atomic mass is 35.5. The van der Waals surface area contributed by atoms with Gasteiger partial charge in [0.05, 0.1) is 15.9 Å². The number of aryl methyl sites for hydroxylation is 1. The number of aromatic amines is 1. The number of rotatable bonds is 5. The lowest BCUT2D eigenvalue weighted by Gasteiger charge is -2.07. The molecule has 0 fully saturated rings. The van der Waals surface area contributed by atoms with E-state index in [4.69, 9.17) is 16.1 Å². The monoisotopic (exact) mass is 462 g/mol. The molecule has 1 N–H and O–H groups in total. The molecule has 0 atom stereocenters. The van der Waals surface area contributed by atoms with Gasteiger partial charge in [-0.25, -0.2) is 9.18 Å². The Labute approximate surface area is 191 Å². The molecule has 9 heteroatoms. The molecule has 5 rings (SSSR count). The molecule has 164 valence electrons. The van der Waals surface area contributed by atoms with Gasteiger partial charge < -0.3 is 9.51 Å². The maximum atomic E-state index is 13.7. The van der Waals surface area contributed by atoms with Gasteiger partial charge in [0.2, 0.25) is 5.82 Å². The van der Waals surface area contributed by atoms with Gasteiger partial charge in [0, 0.05) is 17.7 Å². The van der Waals surface area contributed by atoms with Crippen LogP contribution >= 0.6 is 11.6 Å². The van der Waals surface area contributed by atoms with Crippen molar-refractivity contribution in [2.45, 2.75) is 13.0 Å². The standard InChI is InChI=1S/C24H16ClFN4O3/c25-18-9-7-15(12-19(18)26)21-28-22(33-29-21)16-6-8-17-20(13-16)27-24(32)30(23(17)31)11-10-14-4-2-1-3-5-14/h1-9,12-13H,10-11H2,(H,27,32). The fourth-order valence-electron chi connectivity index (χ4n) is 3.57. The van der Waals surface area contributed by atoms with Crippen molar-refractivity contribution < 1.29 is 8.91 Å². The number of H-pyrrole nitrogens is 1. The lowest BCUT2D eigenvalue weighted by atomic mass is 10.1. The third-order valence-corrected chi connectivity index (χ3v) is 5.61. The Kier molecular flexibility index (Phi) is 5.35. The average molecular weight is 463 g/mol. The van der Waals surface area contributed by atoms with Crippen molar-refractivity contribution >= 4 is 22.5 Å². The molecule has 33 heavy (non-hydrogen) atoms. The van der Waals surface area contributed by atoms with Gasteiger partial charge in [-0.2, -0.15) is 4.98 Å². The third kappa shape index (κ3) is 4.08. The smallest absolute Gasteiger partial charge is 0.328 e. The second-order valence-corrected chi connectivity index (χ2v) is 7.84. The minimum atomic E-state index is -0.590. The molecular formula is C24H16ClFN4O3. The second-order valence-electron chi connectivity index (χ2n) is 7.43. The summed E-state index contributed by atoms with van der Waals surface area (Å²) in [4.78, 5) is 32.5. The first-order valence-corrected chi connectivity index (χ1v) is 10.5. The molecule has 0 aliphatic carbocycles.